The fourth-order valence-corrected chi connectivity index (χ4v) is 3.90. The van der Waals surface area contributed by atoms with Crippen LogP contribution in [0.4, 0.5) is 0 Å². The van der Waals surface area contributed by atoms with E-state index in [0.29, 0.717) is 12.0 Å². The van der Waals surface area contributed by atoms with Crippen LogP contribution < -0.4 is 5.32 Å². The third-order valence-corrected chi connectivity index (χ3v) is 4.89. The highest BCUT2D eigenvalue weighted by Crippen LogP contribution is 2.41. The highest BCUT2D eigenvalue weighted by Gasteiger charge is 2.45. The van der Waals surface area contributed by atoms with Gasteiger partial charge in [-0.2, -0.15) is 0 Å². The summed E-state index contributed by atoms with van der Waals surface area (Å²) >= 11 is 0. The number of aliphatic hydroxyl groups is 1. The van der Waals surface area contributed by atoms with Crippen LogP contribution in [0.1, 0.15) is 43.5 Å². The normalized spacial score (nSPS) is 34.8. The molecule has 1 aromatic heterocycles. The molecule has 0 spiro atoms. The number of fused-ring (bicyclic) bond motifs is 1. The molecule has 2 fully saturated rings. The summed E-state index contributed by atoms with van der Waals surface area (Å²) in [6, 6.07) is 6.60. The largest absolute Gasteiger partial charge is 0.389 e. The van der Waals surface area contributed by atoms with Gasteiger partial charge in [0.05, 0.1) is 5.60 Å². The van der Waals surface area contributed by atoms with Gasteiger partial charge in [-0.3, -0.25) is 4.98 Å². The summed E-state index contributed by atoms with van der Waals surface area (Å²) in [5.41, 5.74) is 1.80. The predicted octanol–water partition coefficient (Wildman–Crippen LogP) is 2.22. The summed E-state index contributed by atoms with van der Waals surface area (Å²) in [5.74, 6) is 0.400. The van der Waals surface area contributed by atoms with Crippen molar-refractivity contribution in [3.8, 4) is 0 Å². The zero-order valence-electron chi connectivity index (χ0n) is 11.7. The molecule has 3 unspecified atom stereocenters. The Hall–Kier alpha value is -0.930. The van der Waals surface area contributed by atoms with Gasteiger partial charge in [0.2, 0.25) is 0 Å². The van der Waals surface area contributed by atoms with E-state index in [-0.39, 0.29) is 0 Å². The lowest BCUT2D eigenvalue weighted by Crippen LogP contribution is -2.58. The lowest BCUT2D eigenvalue weighted by Gasteiger charge is -2.48. The maximum atomic E-state index is 10.8. The Bertz CT molecular complexity index is 444. The van der Waals surface area contributed by atoms with E-state index in [1.54, 1.807) is 0 Å². The molecule has 0 aromatic carbocycles. The zero-order valence-corrected chi connectivity index (χ0v) is 11.7. The van der Waals surface area contributed by atoms with E-state index in [0.717, 1.165) is 43.6 Å². The lowest BCUT2D eigenvalue weighted by atomic mass is 9.67. The van der Waals surface area contributed by atoms with Gasteiger partial charge in [-0.25, -0.2) is 0 Å². The number of pyridine rings is 1. The average Bonchev–Trinajstić information content (AvgIpc) is 2.38. The van der Waals surface area contributed by atoms with E-state index >= 15 is 0 Å². The summed E-state index contributed by atoms with van der Waals surface area (Å²) < 4.78 is 0. The molecule has 1 saturated heterocycles. The second-order valence-electron chi connectivity index (χ2n) is 6.24. The predicted molar refractivity (Wildman–Crippen MR) is 76.0 cm³/mol. The highest BCUT2D eigenvalue weighted by atomic mass is 16.3. The molecule has 0 bridgehead atoms. The van der Waals surface area contributed by atoms with Gasteiger partial charge in [0.15, 0.2) is 0 Å². The van der Waals surface area contributed by atoms with Crippen molar-refractivity contribution in [3.05, 3.63) is 29.6 Å². The number of aromatic nitrogens is 1. The Morgan fingerprint density at radius 3 is 3.11 bits per heavy atom. The van der Waals surface area contributed by atoms with Crippen LogP contribution in [0.25, 0.3) is 0 Å². The van der Waals surface area contributed by atoms with Crippen LogP contribution in [0.2, 0.25) is 0 Å². The van der Waals surface area contributed by atoms with E-state index in [2.05, 4.69) is 22.4 Å². The molecular formula is C16H24N2O. The molecule has 0 amide bonds. The van der Waals surface area contributed by atoms with Crippen LogP contribution in [0.15, 0.2) is 18.2 Å². The molecular weight excluding hydrogens is 236 g/mol. The van der Waals surface area contributed by atoms with Crippen molar-refractivity contribution in [3.63, 3.8) is 0 Å². The summed E-state index contributed by atoms with van der Waals surface area (Å²) in [5, 5.41) is 14.4. The first-order valence-corrected chi connectivity index (χ1v) is 7.56. The van der Waals surface area contributed by atoms with Crippen LogP contribution in [-0.2, 0) is 6.42 Å². The van der Waals surface area contributed by atoms with Crippen LogP contribution in [-0.4, -0.2) is 28.3 Å². The fraction of sp³-hybridized carbons (Fsp3) is 0.688. The molecule has 19 heavy (non-hydrogen) atoms. The standard InChI is InChI=1S/C16H24N2O/c1-12-5-4-6-13(18-12)11-15-14-7-2-3-8-16(14,19)9-10-17-15/h4-6,14-15,17,19H,2-3,7-11H2,1H3. The topological polar surface area (TPSA) is 45.1 Å². The quantitative estimate of drug-likeness (QED) is 0.857. The van der Waals surface area contributed by atoms with Crippen molar-refractivity contribution >= 4 is 0 Å². The summed E-state index contributed by atoms with van der Waals surface area (Å²) in [4.78, 5) is 4.61. The van der Waals surface area contributed by atoms with Crippen LogP contribution in [0, 0.1) is 12.8 Å². The Morgan fingerprint density at radius 2 is 2.26 bits per heavy atom. The molecule has 0 radical (unpaired) electrons. The lowest BCUT2D eigenvalue weighted by molar-refractivity contribution is -0.0851. The minimum Gasteiger partial charge on any atom is -0.389 e. The maximum absolute atomic E-state index is 10.8. The monoisotopic (exact) mass is 260 g/mol. The van der Waals surface area contributed by atoms with E-state index < -0.39 is 5.60 Å². The Morgan fingerprint density at radius 1 is 1.37 bits per heavy atom. The van der Waals surface area contributed by atoms with Crippen molar-refractivity contribution in [1.29, 1.82) is 0 Å². The molecule has 3 nitrogen and oxygen atoms in total. The van der Waals surface area contributed by atoms with Gasteiger partial charge in [-0.15, -0.1) is 0 Å². The maximum Gasteiger partial charge on any atom is 0.0702 e. The minimum atomic E-state index is -0.419. The third kappa shape index (κ3) is 2.67. The molecule has 104 valence electrons. The van der Waals surface area contributed by atoms with Gasteiger partial charge in [-0.1, -0.05) is 18.9 Å². The Balaban J connectivity index is 1.76. The second kappa shape index (κ2) is 5.22. The van der Waals surface area contributed by atoms with Crippen LogP contribution in [0.3, 0.4) is 0 Å². The van der Waals surface area contributed by atoms with Crippen molar-refractivity contribution in [2.24, 2.45) is 5.92 Å². The smallest absolute Gasteiger partial charge is 0.0702 e. The summed E-state index contributed by atoms with van der Waals surface area (Å²) in [7, 11) is 0. The van der Waals surface area contributed by atoms with Crippen molar-refractivity contribution in [2.75, 3.05) is 6.54 Å². The molecule has 3 atom stereocenters. The first-order valence-electron chi connectivity index (χ1n) is 7.56. The third-order valence-electron chi connectivity index (χ3n) is 4.89. The minimum absolute atomic E-state index is 0.383. The number of aryl methyl sites for hydroxylation is 1. The summed E-state index contributed by atoms with van der Waals surface area (Å²) in [6.45, 7) is 2.97. The van der Waals surface area contributed by atoms with E-state index in [4.69, 9.17) is 0 Å². The zero-order chi connectivity index (χ0) is 13.3. The number of hydrogen-bond acceptors (Lipinski definition) is 3. The van der Waals surface area contributed by atoms with E-state index in [9.17, 15) is 5.11 Å². The Kier molecular flexibility index (Phi) is 3.59. The van der Waals surface area contributed by atoms with Gasteiger partial charge < -0.3 is 10.4 Å². The first kappa shape index (κ1) is 13.1. The number of nitrogens with one attached hydrogen (secondary N) is 1. The fourth-order valence-electron chi connectivity index (χ4n) is 3.90. The molecule has 1 aliphatic heterocycles. The van der Waals surface area contributed by atoms with Gasteiger partial charge >= 0.3 is 0 Å². The highest BCUT2D eigenvalue weighted by molar-refractivity contribution is 5.13. The molecule has 3 heteroatoms. The van der Waals surface area contributed by atoms with Crippen molar-refractivity contribution < 1.29 is 5.11 Å². The summed E-state index contributed by atoms with van der Waals surface area (Å²) in [6.07, 6.45) is 6.43. The van der Waals surface area contributed by atoms with Gasteiger partial charge in [0.25, 0.3) is 0 Å². The van der Waals surface area contributed by atoms with Crippen molar-refractivity contribution in [1.82, 2.24) is 10.3 Å². The SMILES string of the molecule is Cc1cccc(CC2NCCC3(O)CCCCC23)n1. The second-order valence-corrected chi connectivity index (χ2v) is 6.24. The molecule has 1 aromatic rings. The number of hydrogen-bond donors (Lipinski definition) is 2. The molecule has 1 saturated carbocycles. The Labute approximate surface area is 115 Å². The molecule has 3 rings (SSSR count). The van der Waals surface area contributed by atoms with Gasteiger partial charge in [0.1, 0.15) is 0 Å². The van der Waals surface area contributed by atoms with Crippen LogP contribution >= 0.6 is 0 Å². The van der Waals surface area contributed by atoms with Crippen LogP contribution in [0.5, 0.6) is 0 Å². The number of nitrogens with zero attached hydrogens (tertiary/aromatic N) is 1. The average molecular weight is 260 g/mol. The van der Waals surface area contributed by atoms with Crippen molar-refractivity contribution in [2.45, 2.75) is 57.1 Å². The van der Waals surface area contributed by atoms with E-state index in [1.807, 2.05) is 13.0 Å². The van der Waals surface area contributed by atoms with E-state index in [1.165, 1.54) is 12.8 Å². The van der Waals surface area contributed by atoms with Gasteiger partial charge in [-0.05, 0) is 44.9 Å². The number of rotatable bonds is 2. The van der Waals surface area contributed by atoms with Gasteiger partial charge in [0, 0.05) is 29.8 Å². The molecule has 2 aliphatic rings. The molecule has 1 aliphatic carbocycles. The molecule has 2 N–H and O–H groups in total. The molecule has 2 heterocycles. The first-order chi connectivity index (χ1) is 9.17. The number of piperidine rings is 1.